The molecule has 136 valence electrons. The molecule has 0 radical (unpaired) electrons. The molecule has 4 atom stereocenters. The number of benzene rings is 1. The Morgan fingerprint density at radius 1 is 1.20 bits per heavy atom. The van der Waals surface area contributed by atoms with Crippen LogP contribution in [0.25, 0.3) is 0 Å². The lowest BCUT2D eigenvalue weighted by Gasteiger charge is -2.26. The van der Waals surface area contributed by atoms with Crippen molar-refractivity contribution in [2.24, 2.45) is 0 Å². The smallest absolute Gasteiger partial charge is 0.408 e. The largest absolute Gasteiger partial charge is 0.459 e. The van der Waals surface area contributed by atoms with E-state index in [1.807, 2.05) is 18.2 Å². The molecular weight excluding hydrogens is 320 g/mol. The van der Waals surface area contributed by atoms with E-state index in [0.29, 0.717) is 11.6 Å². The van der Waals surface area contributed by atoms with Crippen molar-refractivity contribution in [1.29, 1.82) is 0 Å². The molecule has 2 aliphatic rings. The highest BCUT2D eigenvalue weighted by Gasteiger charge is 2.42. The van der Waals surface area contributed by atoms with Crippen molar-refractivity contribution in [2.45, 2.75) is 69.9 Å². The third-order valence-electron chi connectivity index (χ3n) is 4.54. The summed E-state index contributed by atoms with van der Waals surface area (Å²) in [6.45, 7) is 5.34. The van der Waals surface area contributed by atoms with Gasteiger partial charge < -0.3 is 20.1 Å². The normalized spacial score (nSPS) is 26.1. The molecule has 0 spiro atoms. The van der Waals surface area contributed by atoms with Crippen LogP contribution in [0.1, 0.15) is 51.6 Å². The first kappa shape index (κ1) is 17.7. The van der Waals surface area contributed by atoms with Crippen molar-refractivity contribution in [2.75, 3.05) is 0 Å². The molecule has 1 aromatic carbocycles. The maximum absolute atomic E-state index is 12.8. The van der Waals surface area contributed by atoms with Crippen molar-refractivity contribution in [3.05, 3.63) is 35.9 Å². The maximum Gasteiger partial charge on any atom is 0.408 e. The van der Waals surface area contributed by atoms with Crippen LogP contribution in [-0.4, -0.2) is 35.9 Å². The Hall–Kier alpha value is -2.08. The number of fused-ring (bicyclic) bond motifs is 2. The summed E-state index contributed by atoms with van der Waals surface area (Å²) in [4.78, 5) is 24.9. The van der Waals surface area contributed by atoms with E-state index in [1.54, 1.807) is 32.9 Å². The van der Waals surface area contributed by atoms with Crippen LogP contribution < -0.4 is 10.6 Å². The minimum absolute atomic E-state index is 0.127. The fraction of sp³-hybridized carbons (Fsp3) is 0.579. The Morgan fingerprint density at radius 3 is 2.48 bits per heavy atom. The van der Waals surface area contributed by atoms with Gasteiger partial charge in [-0.1, -0.05) is 30.3 Å². The number of carbonyl (C=O) groups is 2. The molecule has 1 aromatic rings. The van der Waals surface area contributed by atoms with Gasteiger partial charge in [0.1, 0.15) is 11.7 Å². The maximum atomic E-state index is 12.8. The fourth-order valence-electron chi connectivity index (χ4n) is 3.47. The summed E-state index contributed by atoms with van der Waals surface area (Å²) >= 11 is 0. The lowest BCUT2D eigenvalue weighted by atomic mass is 9.97. The van der Waals surface area contributed by atoms with Crippen molar-refractivity contribution >= 4 is 12.1 Å². The third kappa shape index (κ3) is 4.51. The first-order chi connectivity index (χ1) is 11.8. The van der Waals surface area contributed by atoms with Crippen LogP contribution in [0.4, 0.5) is 4.79 Å². The van der Waals surface area contributed by atoms with Crippen molar-refractivity contribution in [1.82, 2.24) is 10.6 Å². The zero-order valence-corrected chi connectivity index (χ0v) is 15.0. The highest BCUT2D eigenvalue weighted by molar-refractivity contribution is 5.83. The number of carbonyl (C=O) groups excluding carboxylic acids is 2. The van der Waals surface area contributed by atoms with Gasteiger partial charge in [0.15, 0.2) is 6.04 Å². The number of rotatable bonds is 4. The van der Waals surface area contributed by atoms with Crippen LogP contribution >= 0.6 is 0 Å². The van der Waals surface area contributed by atoms with E-state index in [9.17, 15) is 9.59 Å². The summed E-state index contributed by atoms with van der Waals surface area (Å²) < 4.78 is 11.0. The molecule has 1 amide bonds. The molecule has 6 heteroatoms. The second kappa shape index (κ2) is 7.04. The van der Waals surface area contributed by atoms with E-state index < -0.39 is 23.7 Å². The molecule has 2 aliphatic heterocycles. The van der Waals surface area contributed by atoms with E-state index in [0.717, 1.165) is 19.3 Å². The van der Waals surface area contributed by atoms with Gasteiger partial charge in [0, 0.05) is 18.5 Å². The SMILES string of the molecule is CC(C)(C)OC(=O)NC(C(=O)OC1CC2CCC1N2)c1ccccc1. The molecule has 2 fully saturated rings. The number of esters is 1. The third-order valence-corrected chi connectivity index (χ3v) is 4.54. The lowest BCUT2D eigenvalue weighted by molar-refractivity contribution is -0.152. The van der Waals surface area contributed by atoms with Crippen LogP contribution in [-0.2, 0) is 14.3 Å². The predicted octanol–water partition coefficient (Wildman–Crippen LogP) is 2.69. The molecule has 6 nitrogen and oxygen atoms in total. The minimum atomic E-state index is -0.879. The fourth-order valence-corrected chi connectivity index (χ4v) is 3.47. The Morgan fingerprint density at radius 2 is 1.92 bits per heavy atom. The Bertz CT molecular complexity index is 626. The van der Waals surface area contributed by atoms with Gasteiger partial charge in [0.2, 0.25) is 0 Å². The number of ether oxygens (including phenoxy) is 2. The number of alkyl carbamates (subject to hydrolysis) is 1. The van der Waals surface area contributed by atoms with Gasteiger partial charge in [-0.2, -0.15) is 0 Å². The van der Waals surface area contributed by atoms with E-state index in [2.05, 4.69) is 10.6 Å². The van der Waals surface area contributed by atoms with Gasteiger partial charge in [-0.15, -0.1) is 0 Å². The summed E-state index contributed by atoms with van der Waals surface area (Å²) in [5.74, 6) is -0.448. The first-order valence-corrected chi connectivity index (χ1v) is 8.83. The van der Waals surface area contributed by atoms with Gasteiger partial charge in [-0.3, -0.25) is 0 Å². The monoisotopic (exact) mass is 346 g/mol. The molecule has 2 saturated heterocycles. The molecule has 2 N–H and O–H groups in total. The van der Waals surface area contributed by atoms with Crippen molar-refractivity contribution < 1.29 is 19.1 Å². The second-order valence-corrected chi connectivity index (χ2v) is 7.75. The van der Waals surface area contributed by atoms with Crippen LogP contribution in [0, 0.1) is 0 Å². The van der Waals surface area contributed by atoms with Crippen LogP contribution in [0.2, 0.25) is 0 Å². The quantitative estimate of drug-likeness (QED) is 0.820. The molecule has 0 saturated carbocycles. The highest BCUT2D eigenvalue weighted by Crippen LogP contribution is 2.31. The van der Waals surface area contributed by atoms with Crippen LogP contribution in [0.15, 0.2) is 30.3 Å². The Kier molecular flexibility index (Phi) is 4.99. The van der Waals surface area contributed by atoms with E-state index in [-0.39, 0.29) is 12.1 Å². The number of hydrogen-bond acceptors (Lipinski definition) is 5. The topological polar surface area (TPSA) is 76.7 Å². The molecule has 0 aliphatic carbocycles. The second-order valence-electron chi connectivity index (χ2n) is 7.75. The minimum Gasteiger partial charge on any atom is -0.459 e. The van der Waals surface area contributed by atoms with Crippen LogP contribution in [0.3, 0.4) is 0 Å². The highest BCUT2D eigenvalue weighted by atomic mass is 16.6. The number of nitrogens with one attached hydrogen (secondary N) is 2. The Balaban J connectivity index is 1.69. The van der Waals surface area contributed by atoms with Crippen LogP contribution in [0.5, 0.6) is 0 Å². The lowest BCUT2D eigenvalue weighted by Crippen LogP contribution is -2.41. The van der Waals surface area contributed by atoms with Crippen molar-refractivity contribution in [3.63, 3.8) is 0 Å². The molecule has 2 heterocycles. The molecule has 2 bridgehead atoms. The summed E-state index contributed by atoms with van der Waals surface area (Å²) in [6, 6.07) is 8.89. The van der Waals surface area contributed by atoms with Crippen molar-refractivity contribution in [3.8, 4) is 0 Å². The number of amides is 1. The summed E-state index contributed by atoms with van der Waals surface area (Å²) in [7, 11) is 0. The first-order valence-electron chi connectivity index (χ1n) is 8.83. The van der Waals surface area contributed by atoms with Gasteiger partial charge in [-0.05, 0) is 39.2 Å². The average Bonchev–Trinajstić information content (AvgIpc) is 3.14. The van der Waals surface area contributed by atoms with E-state index in [1.165, 1.54) is 0 Å². The molecule has 25 heavy (non-hydrogen) atoms. The van der Waals surface area contributed by atoms with E-state index >= 15 is 0 Å². The van der Waals surface area contributed by atoms with Gasteiger partial charge >= 0.3 is 12.1 Å². The predicted molar refractivity (Wildman–Crippen MR) is 93.0 cm³/mol. The number of hydrogen-bond donors (Lipinski definition) is 2. The summed E-state index contributed by atoms with van der Waals surface area (Å²) in [6.07, 6.45) is 2.24. The molecule has 0 aromatic heterocycles. The van der Waals surface area contributed by atoms with Gasteiger partial charge in [0.05, 0.1) is 0 Å². The van der Waals surface area contributed by atoms with Gasteiger partial charge in [0.25, 0.3) is 0 Å². The Labute approximate surface area is 148 Å². The summed E-state index contributed by atoms with van der Waals surface area (Å²) in [5.41, 5.74) is 0.0403. The zero-order valence-electron chi connectivity index (χ0n) is 15.0. The summed E-state index contributed by atoms with van der Waals surface area (Å²) in [5, 5.41) is 6.10. The average molecular weight is 346 g/mol. The molecule has 4 unspecified atom stereocenters. The molecule has 3 rings (SSSR count). The van der Waals surface area contributed by atoms with E-state index in [4.69, 9.17) is 9.47 Å². The molecular formula is C19H26N2O4. The standard InChI is InChI=1S/C19H26N2O4/c1-19(2,3)25-18(23)21-16(12-7-5-4-6-8-12)17(22)24-15-11-13-9-10-14(15)20-13/h4-8,13-16,20H,9-11H2,1-3H3,(H,21,23). The zero-order chi connectivity index (χ0) is 18.0. The van der Waals surface area contributed by atoms with Gasteiger partial charge in [-0.25, -0.2) is 9.59 Å².